The predicted molar refractivity (Wildman–Crippen MR) is 69.6 cm³/mol. The number of anilines is 1. The number of ether oxygens (including phenoxy) is 1. The average Bonchev–Trinajstić information content (AvgIpc) is 2.35. The van der Waals surface area contributed by atoms with Gasteiger partial charge in [-0.2, -0.15) is 0 Å². The molecule has 2 rings (SSSR count). The van der Waals surface area contributed by atoms with E-state index in [-0.39, 0.29) is 0 Å². The van der Waals surface area contributed by atoms with Crippen molar-refractivity contribution in [1.29, 1.82) is 0 Å². The first-order chi connectivity index (χ1) is 7.86. The minimum absolute atomic E-state index is 0.744. The van der Waals surface area contributed by atoms with Crippen LogP contribution in [-0.2, 0) is 0 Å². The highest BCUT2D eigenvalue weighted by atomic mass is 32.2. The van der Waals surface area contributed by atoms with Crippen molar-refractivity contribution < 1.29 is 4.74 Å². The lowest BCUT2D eigenvalue weighted by Crippen LogP contribution is -2.31. The molecule has 0 radical (unpaired) electrons. The number of rotatable bonds is 4. The van der Waals surface area contributed by atoms with Gasteiger partial charge in [0.15, 0.2) is 0 Å². The molecule has 1 aromatic rings. The summed E-state index contributed by atoms with van der Waals surface area (Å²) in [6, 6.07) is 6.24. The van der Waals surface area contributed by atoms with Gasteiger partial charge in [-0.3, -0.25) is 0 Å². The molecule has 1 aromatic carbocycles. The molecule has 1 heterocycles. The molecule has 16 heavy (non-hydrogen) atoms. The fourth-order valence-corrected chi connectivity index (χ4v) is 3.05. The number of methoxy groups -OCH3 is 1. The molecule has 0 unspecified atom stereocenters. The molecule has 1 aliphatic heterocycles. The van der Waals surface area contributed by atoms with Gasteiger partial charge in [-0.25, -0.2) is 0 Å². The van der Waals surface area contributed by atoms with Crippen molar-refractivity contribution in [3.63, 3.8) is 0 Å². The third-order valence-electron chi connectivity index (χ3n) is 2.75. The van der Waals surface area contributed by atoms with E-state index in [0.29, 0.717) is 0 Å². The van der Waals surface area contributed by atoms with Crippen molar-refractivity contribution in [3.8, 4) is 5.75 Å². The van der Waals surface area contributed by atoms with Gasteiger partial charge < -0.3 is 15.4 Å². The van der Waals surface area contributed by atoms with Crippen molar-refractivity contribution >= 4 is 17.4 Å². The molecule has 0 spiro atoms. The van der Waals surface area contributed by atoms with Gasteiger partial charge in [0.25, 0.3) is 0 Å². The maximum atomic E-state index is 5.57. The van der Waals surface area contributed by atoms with Gasteiger partial charge in [0.2, 0.25) is 0 Å². The van der Waals surface area contributed by atoms with Crippen LogP contribution in [0.1, 0.15) is 6.42 Å². The summed E-state index contributed by atoms with van der Waals surface area (Å²) in [5.74, 6) is 2.12. The van der Waals surface area contributed by atoms with E-state index in [4.69, 9.17) is 10.5 Å². The Bertz CT molecular complexity index is 343. The Morgan fingerprint density at radius 2 is 2.38 bits per heavy atom. The summed E-state index contributed by atoms with van der Waals surface area (Å²) < 4.78 is 5.44. The Labute approximate surface area is 101 Å². The molecule has 0 aliphatic carbocycles. The summed E-state index contributed by atoms with van der Waals surface area (Å²) in [5, 5.41) is 0. The zero-order chi connectivity index (χ0) is 11.4. The maximum absolute atomic E-state index is 5.57. The van der Waals surface area contributed by atoms with Crippen LogP contribution in [0.3, 0.4) is 0 Å². The predicted octanol–water partition coefficient (Wildman–Crippen LogP) is 1.96. The molecule has 2 N–H and O–H groups in total. The number of thioether (sulfide) groups is 1. The Balaban J connectivity index is 2.27. The monoisotopic (exact) mass is 238 g/mol. The normalized spacial score (nSPS) is 14.8. The van der Waals surface area contributed by atoms with E-state index >= 15 is 0 Å². The molecule has 4 heteroatoms. The highest BCUT2D eigenvalue weighted by molar-refractivity contribution is 7.99. The lowest BCUT2D eigenvalue weighted by atomic mass is 10.2. The Kier molecular flexibility index (Phi) is 3.96. The fraction of sp³-hybridized carbons (Fsp3) is 0.500. The lowest BCUT2D eigenvalue weighted by molar-refractivity contribution is 0.413. The molecule has 0 fully saturated rings. The smallest absolute Gasteiger partial charge is 0.143 e. The van der Waals surface area contributed by atoms with Crippen molar-refractivity contribution in [1.82, 2.24) is 0 Å². The minimum atomic E-state index is 0.744. The molecule has 0 amide bonds. The molecule has 0 aromatic heterocycles. The lowest BCUT2D eigenvalue weighted by Gasteiger charge is -2.32. The Morgan fingerprint density at radius 3 is 3.12 bits per heavy atom. The number of nitrogens with zero attached hydrogens (tertiary/aromatic N) is 1. The van der Waals surface area contributed by atoms with Crippen LogP contribution in [0.5, 0.6) is 5.75 Å². The largest absolute Gasteiger partial charge is 0.495 e. The number of hydrogen-bond acceptors (Lipinski definition) is 4. The second-order valence-electron chi connectivity index (χ2n) is 3.78. The zero-order valence-corrected chi connectivity index (χ0v) is 10.4. The number of benzene rings is 1. The summed E-state index contributed by atoms with van der Waals surface area (Å²) in [7, 11) is 1.73. The van der Waals surface area contributed by atoms with Crippen LogP contribution in [0.15, 0.2) is 23.1 Å². The van der Waals surface area contributed by atoms with Crippen LogP contribution in [0.25, 0.3) is 0 Å². The summed E-state index contributed by atoms with van der Waals surface area (Å²) in [4.78, 5) is 3.71. The van der Waals surface area contributed by atoms with Gasteiger partial charge >= 0.3 is 0 Å². The first-order valence-electron chi connectivity index (χ1n) is 5.61. The average molecular weight is 238 g/mol. The first-order valence-corrected chi connectivity index (χ1v) is 6.60. The second-order valence-corrected chi connectivity index (χ2v) is 4.92. The molecule has 0 saturated carbocycles. The molecule has 1 aliphatic rings. The topological polar surface area (TPSA) is 38.5 Å². The van der Waals surface area contributed by atoms with E-state index in [1.54, 1.807) is 7.11 Å². The molecule has 0 saturated heterocycles. The van der Waals surface area contributed by atoms with E-state index in [0.717, 1.165) is 37.6 Å². The molecule has 88 valence electrons. The zero-order valence-electron chi connectivity index (χ0n) is 9.61. The van der Waals surface area contributed by atoms with E-state index in [9.17, 15) is 0 Å². The third-order valence-corrected chi connectivity index (χ3v) is 3.78. The standard InChI is InChI=1S/C12H18N2OS/c1-15-10-4-2-5-11-12(10)14(7-3-6-13)8-9-16-11/h2,4-5H,3,6-9,13H2,1H3. The number of hydrogen-bond donors (Lipinski definition) is 1. The van der Waals surface area contributed by atoms with Gasteiger partial charge in [-0.15, -0.1) is 11.8 Å². The summed E-state index contributed by atoms with van der Waals surface area (Å²) in [6.07, 6.45) is 1.03. The third kappa shape index (κ3) is 2.28. The summed E-state index contributed by atoms with van der Waals surface area (Å²) >= 11 is 1.90. The van der Waals surface area contributed by atoms with E-state index in [1.165, 1.54) is 10.6 Å². The maximum Gasteiger partial charge on any atom is 0.143 e. The first kappa shape index (κ1) is 11.6. The van der Waals surface area contributed by atoms with E-state index in [1.807, 2.05) is 17.8 Å². The molecule has 3 nitrogen and oxygen atoms in total. The second kappa shape index (κ2) is 5.46. The molecule has 0 bridgehead atoms. The van der Waals surface area contributed by atoms with Crippen LogP contribution in [0.4, 0.5) is 5.69 Å². The van der Waals surface area contributed by atoms with Crippen LogP contribution in [0, 0.1) is 0 Å². The van der Waals surface area contributed by atoms with Crippen molar-refractivity contribution in [2.75, 3.05) is 37.4 Å². The molecular weight excluding hydrogens is 220 g/mol. The van der Waals surface area contributed by atoms with Crippen molar-refractivity contribution in [2.45, 2.75) is 11.3 Å². The van der Waals surface area contributed by atoms with Crippen LogP contribution >= 0.6 is 11.8 Å². The fourth-order valence-electron chi connectivity index (χ4n) is 1.98. The minimum Gasteiger partial charge on any atom is -0.495 e. The Hall–Kier alpha value is -0.870. The highest BCUT2D eigenvalue weighted by Crippen LogP contribution is 2.41. The number of nitrogens with two attached hydrogens (primary N) is 1. The number of para-hydroxylation sites is 1. The molecule has 0 atom stereocenters. The van der Waals surface area contributed by atoms with Gasteiger partial charge in [-0.1, -0.05) is 6.07 Å². The van der Waals surface area contributed by atoms with Gasteiger partial charge in [0, 0.05) is 23.7 Å². The van der Waals surface area contributed by atoms with Gasteiger partial charge in [0.05, 0.1) is 12.8 Å². The van der Waals surface area contributed by atoms with Crippen molar-refractivity contribution in [2.24, 2.45) is 5.73 Å². The van der Waals surface area contributed by atoms with E-state index in [2.05, 4.69) is 17.0 Å². The van der Waals surface area contributed by atoms with E-state index < -0.39 is 0 Å². The summed E-state index contributed by atoms with van der Waals surface area (Å²) in [5.41, 5.74) is 6.82. The SMILES string of the molecule is COc1cccc2c1N(CCCN)CCS2. The van der Waals surface area contributed by atoms with Gasteiger partial charge in [0.1, 0.15) is 5.75 Å². The van der Waals surface area contributed by atoms with Crippen LogP contribution in [0.2, 0.25) is 0 Å². The Morgan fingerprint density at radius 1 is 1.50 bits per heavy atom. The van der Waals surface area contributed by atoms with Crippen LogP contribution < -0.4 is 15.4 Å². The van der Waals surface area contributed by atoms with Gasteiger partial charge in [-0.05, 0) is 25.1 Å². The quantitative estimate of drug-likeness (QED) is 0.870. The van der Waals surface area contributed by atoms with Crippen LogP contribution in [-0.4, -0.2) is 32.5 Å². The number of fused-ring (bicyclic) bond motifs is 1. The highest BCUT2D eigenvalue weighted by Gasteiger charge is 2.20. The van der Waals surface area contributed by atoms with Crippen molar-refractivity contribution in [3.05, 3.63) is 18.2 Å². The molecular formula is C12H18N2OS. The summed E-state index contributed by atoms with van der Waals surface area (Å²) in [6.45, 7) is 2.84.